The number of benzene rings is 2. The van der Waals surface area contributed by atoms with Crippen molar-refractivity contribution in [2.75, 3.05) is 26.4 Å². The van der Waals surface area contributed by atoms with E-state index in [4.69, 9.17) is 32.7 Å². The third-order valence-corrected chi connectivity index (χ3v) is 9.39. The van der Waals surface area contributed by atoms with Crippen LogP contribution in [-0.2, 0) is 9.47 Å². The Bertz CT molecular complexity index is 1420. The van der Waals surface area contributed by atoms with Crippen LogP contribution in [0.15, 0.2) is 61.4 Å². The van der Waals surface area contributed by atoms with Gasteiger partial charge in [0.1, 0.15) is 0 Å². The molecule has 2 aromatic carbocycles. The third kappa shape index (κ3) is 4.21. The minimum Gasteiger partial charge on any atom is -0.393 e. The average molecular weight is 582 g/mol. The first-order chi connectivity index (χ1) is 19.5. The molecule has 0 radical (unpaired) electrons. The van der Waals surface area contributed by atoms with Crippen LogP contribution in [0.1, 0.15) is 36.1 Å². The van der Waals surface area contributed by atoms with Crippen molar-refractivity contribution in [3.8, 4) is 22.5 Å². The van der Waals surface area contributed by atoms with Crippen molar-refractivity contribution < 1.29 is 19.7 Å². The lowest BCUT2D eigenvalue weighted by Crippen LogP contribution is -2.37. The molecule has 2 N–H and O–H groups in total. The van der Waals surface area contributed by atoms with Crippen LogP contribution >= 0.6 is 23.2 Å². The SMILES string of the molecule is OC1CCOCC1C1c2c(Cl)cccc2-c2cncn21.OC1COCCC1C1c2c(Cl)cccc2-c2cncn21. The summed E-state index contributed by atoms with van der Waals surface area (Å²) >= 11 is 12.9. The molecule has 2 saturated heterocycles. The van der Waals surface area contributed by atoms with Crippen LogP contribution in [0.5, 0.6) is 0 Å². The van der Waals surface area contributed by atoms with Crippen molar-refractivity contribution in [3.05, 3.63) is 82.6 Å². The van der Waals surface area contributed by atoms with E-state index in [1.807, 2.05) is 49.3 Å². The van der Waals surface area contributed by atoms with E-state index in [9.17, 15) is 10.2 Å². The molecule has 10 heteroatoms. The van der Waals surface area contributed by atoms with E-state index in [0.717, 1.165) is 50.1 Å². The first-order valence-electron chi connectivity index (χ1n) is 13.7. The molecule has 2 aromatic heterocycles. The Morgan fingerprint density at radius 3 is 1.82 bits per heavy atom. The summed E-state index contributed by atoms with van der Waals surface area (Å²) in [5, 5.41) is 22.2. The number of hydrogen-bond donors (Lipinski definition) is 2. The van der Waals surface area contributed by atoms with E-state index < -0.39 is 6.10 Å². The molecule has 4 aromatic rings. The van der Waals surface area contributed by atoms with Gasteiger partial charge >= 0.3 is 0 Å². The molecule has 8 rings (SSSR count). The molecule has 6 atom stereocenters. The number of nitrogens with zero attached hydrogens (tertiary/aromatic N) is 4. The topological polar surface area (TPSA) is 94.6 Å². The first kappa shape index (κ1) is 26.2. The van der Waals surface area contributed by atoms with Gasteiger partial charge in [-0.1, -0.05) is 47.5 Å². The van der Waals surface area contributed by atoms with Crippen LogP contribution in [0.2, 0.25) is 10.0 Å². The molecule has 0 bridgehead atoms. The Labute approximate surface area is 242 Å². The average Bonchev–Trinajstić information content (AvgIpc) is 3.73. The maximum absolute atomic E-state index is 10.4. The summed E-state index contributed by atoms with van der Waals surface area (Å²) in [5.74, 6) is 0.121. The number of hydrogen-bond acceptors (Lipinski definition) is 6. The van der Waals surface area contributed by atoms with E-state index in [2.05, 4.69) is 31.2 Å². The van der Waals surface area contributed by atoms with Crippen LogP contribution in [0.3, 0.4) is 0 Å². The molecule has 0 saturated carbocycles. The fourth-order valence-corrected chi connectivity index (χ4v) is 7.44. The van der Waals surface area contributed by atoms with Gasteiger partial charge in [-0.2, -0.15) is 0 Å². The van der Waals surface area contributed by atoms with Gasteiger partial charge in [0.25, 0.3) is 0 Å². The van der Waals surface area contributed by atoms with Gasteiger partial charge in [-0.3, -0.25) is 0 Å². The fraction of sp³-hybridized carbons (Fsp3) is 0.400. The highest BCUT2D eigenvalue weighted by Crippen LogP contribution is 2.49. The zero-order chi connectivity index (χ0) is 27.4. The molecule has 6 unspecified atom stereocenters. The first-order valence-corrected chi connectivity index (χ1v) is 14.4. The van der Waals surface area contributed by atoms with Gasteiger partial charge < -0.3 is 28.8 Å². The van der Waals surface area contributed by atoms with Crippen molar-refractivity contribution in [2.45, 2.75) is 37.1 Å². The molecular formula is C30H30Cl2N4O4. The van der Waals surface area contributed by atoms with E-state index in [0.29, 0.717) is 32.8 Å². The number of ether oxygens (including phenoxy) is 2. The van der Waals surface area contributed by atoms with Crippen molar-refractivity contribution in [1.82, 2.24) is 19.1 Å². The lowest BCUT2D eigenvalue weighted by molar-refractivity contribution is -0.0540. The maximum atomic E-state index is 10.4. The summed E-state index contributed by atoms with van der Waals surface area (Å²) in [6, 6.07) is 11.9. The van der Waals surface area contributed by atoms with Gasteiger partial charge in [-0.15, -0.1) is 0 Å². The molecule has 2 fully saturated rings. The molecule has 8 nitrogen and oxygen atoms in total. The summed E-state index contributed by atoms with van der Waals surface area (Å²) < 4.78 is 15.2. The highest BCUT2D eigenvalue weighted by molar-refractivity contribution is 6.32. The van der Waals surface area contributed by atoms with Crippen LogP contribution in [0.4, 0.5) is 0 Å². The number of fused-ring (bicyclic) bond motifs is 6. The Balaban J connectivity index is 0.000000132. The van der Waals surface area contributed by atoms with E-state index in [1.54, 1.807) is 0 Å². The minimum absolute atomic E-state index is 0.00602. The molecule has 0 aliphatic carbocycles. The van der Waals surface area contributed by atoms with Crippen molar-refractivity contribution in [2.24, 2.45) is 11.8 Å². The standard InChI is InChI=1S/2C15H15ClN2O2/c16-11-3-1-2-9-12-6-17-8-18(12)15(14(9)11)10-7-20-5-4-13(10)19;16-11-3-1-2-9-12-6-17-8-18(12)15(14(9)11)10-4-5-20-7-13(10)19/h2*1-3,6,8,10,13,15,19H,4-5,7H2. The maximum Gasteiger partial charge on any atom is 0.0956 e. The second-order valence-electron chi connectivity index (χ2n) is 10.9. The van der Waals surface area contributed by atoms with E-state index >= 15 is 0 Å². The highest BCUT2D eigenvalue weighted by atomic mass is 35.5. The summed E-state index contributed by atoms with van der Waals surface area (Å²) in [6.07, 6.45) is 8.03. The molecule has 4 aliphatic heterocycles. The van der Waals surface area contributed by atoms with Gasteiger partial charge in [-0.05, 0) is 25.0 Å². The lowest BCUT2D eigenvalue weighted by atomic mass is 9.85. The molecule has 0 spiro atoms. The van der Waals surface area contributed by atoms with Crippen LogP contribution < -0.4 is 0 Å². The Kier molecular flexibility index (Phi) is 6.94. The van der Waals surface area contributed by atoms with Crippen LogP contribution in [0, 0.1) is 11.8 Å². The predicted octanol–water partition coefficient (Wildman–Crippen LogP) is 5.01. The third-order valence-electron chi connectivity index (χ3n) is 8.73. The predicted molar refractivity (Wildman–Crippen MR) is 151 cm³/mol. The number of imidazole rings is 2. The Hall–Kier alpha value is -2.72. The van der Waals surface area contributed by atoms with Gasteiger partial charge in [0, 0.05) is 57.3 Å². The number of aliphatic hydroxyl groups is 2. The lowest BCUT2D eigenvalue weighted by Gasteiger charge is -2.33. The number of aromatic nitrogens is 4. The molecule has 0 amide bonds. The van der Waals surface area contributed by atoms with Gasteiger partial charge in [0.2, 0.25) is 0 Å². The Morgan fingerprint density at radius 1 is 0.700 bits per heavy atom. The summed E-state index contributed by atoms with van der Waals surface area (Å²) in [6.45, 7) is 2.25. The second kappa shape index (κ2) is 10.6. The number of halogens is 2. The van der Waals surface area contributed by atoms with Crippen molar-refractivity contribution in [1.29, 1.82) is 0 Å². The monoisotopic (exact) mass is 580 g/mol. The smallest absolute Gasteiger partial charge is 0.0956 e. The Morgan fingerprint density at radius 2 is 1.25 bits per heavy atom. The summed E-state index contributed by atoms with van der Waals surface area (Å²) in [5.41, 5.74) is 6.56. The van der Waals surface area contributed by atoms with E-state index in [1.165, 1.54) is 0 Å². The summed E-state index contributed by atoms with van der Waals surface area (Å²) in [4.78, 5) is 8.49. The molecule has 6 heterocycles. The van der Waals surface area contributed by atoms with Gasteiger partial charge in [0.15, 0.2) is 0 Å². The number of aliphatic hydroxyl groups excluding tert-OH is 2. The zero-order valence-corrected chi connectivity index (χ0v) is 23.2. The molecule has 40 heavy (non-hydrogen) atoms. The second-order valence-corrected chi connectivity index (χ2v) is 11.7. The normalized spacial score (nSPS) is 28.2. The quantitative estimate of drug-likeness (QED) is 0.346. The largest absolute Gasteiger partial charge is 0.393 e. The minimum atomic E-state index is -0.466. The highest BCUT2D eigenvalue weighted by Gasteiger charge is 2.41. The van der Waals surface area contributed by atoms with Crippen LogP contribution in [-0.4, -0.2) is 68.0 Å². The number of rotatable bonds is 2. The van der Waals surface area contributed by atoms with Crippen LogP contribution in [0.25, 0.3) is 22.5 Å². The van der Waals surface area contributed by atoms with Crippen molar-refractivity contribution >= 4 is 23.2 Å². The molecule has 208 valence electrons. The molecular weight excluding hydrogens is 551 g/mol. The van der Waals surface area contributed by atoms with Crippen molar-refractivity contribution in [3.63, 3.8) is 0 Å². The summed E-state index contributed by atoms with van der Waals surface area (Å²) in [7, 11) is 0. The van der Waals surface area contributed by atoms with Gasteiger partial charge in [-0.25, -0.2) is 9.97 Å². The molecule has 4 aliphatic rings. The van der Waals surface area contributed by atoms with Gasteiger partial charge in [0.05, 0.1) is 73.9 Å². The fourth-order valence-electron chi connectivity index (χ4n) is 6.87. The zero-order valence-electron chi connectivity index (χ0n) is 21.7. The van der Waals surface area contributed by atoms with E-state index in [-0.39, 0.29) is 30.0 Å².